The Balaban J connectivity index is 1.87. The molecule has 0 aliphatic carbocycles. The fourth-order valence-electron chi connectivity index (χ4n) is 2.23. The zero-order chi connectivity index (χ0) is 14.1. The molecule has 1 aromatic heterocycles. The van der Waals surface area contributed by atoms with Crippen molar-refractivity contribution in [2.45, 2.75) is 6.54 Å². The molecular formula is C15H14ClN3O. The molecule has 5 heteroatoms. The summed E-state index contributed by atoms with van der Waals surface area (Å²) in [4.78, 5) is 3.29. The molecule has 0 atom stereocenters. The molecule has 0 unspecified atom stereocenters. The number of nitrogens with one attached hydrogen (secondary N) is 2. The van der Waals surface area contributed by atoms with E-state index in [1.807, 2.05) is 35.9 Å². The second-order valence-corrected chi connectivity index (χ2v) is 5.09. The molecule has 2 aromatic carbocycles. The largest absolute Gasteiger partial charge is 0.872 e. The Bertz CT molecular complexity index is 767. The van der Waals surface area contributed by atoms with Crippen molar-refractivity contribution in [3.8, 4) is 5.75 Å². The van der Waals surface area contributed by atoms with Crippen LogP contribution in [0.5, 0.6) is 5.75 Å². The lowest BCUT2D eigenvalue weighted by atomic mass is 10.2. The van der Waals surface area contributed by atoms with Crippen LogP contribution >= 0.6 is 11.6 Å². The van der Waals surface area contributed by atoms with E-state index in [-0.39, 0.29) is 5.75 Å². The lowest BCUT2D eigenvalue weighted by Gasteiger charge is -2.12. The number of para-hydroxylation sites is 2. The average molecular weight is 288 g/mol. The number of aromatic nitrogens is 2. The van der Waals surface area contributed by atoms with Crippen molar-refractivity contribution >= 4 is 28.6 Å². The molecule has 0 spiro atoms. The molecule has 0 amide bonds. The van der Waals surface area contributed by atoms with Gasteiger partial charge in [0, 0.05) is 5.02 Å². The molecule has 0 aliphatic rings. The van der Waals surface area contributed by atoms with E-state index in [9.17, 15) is 5.11 Å². The fourth-order valence-corrected chi connectivity index (χ4v) is 2.43. The predicted molar refractivity (Wildman–Crippen MR) is 77.7 cm³/mol. The number of benzene rings is 2. The van der Waals surface area contributed by atoms with Gasteiger partial charge in [0.25, 0.3) is 0 Å². The minimum atomic E-state index is -0.0133. The van der Waals surface area contributed by atoms with Crippen LogP contribution < -0.4 is 15.0 Å². The van der Waals surface area contributed by atoms with Gasteiger partial charge in [-0.1, -0.05) is 29.8 Å². The minimum Gasteiger partial charge on any atom is -0.872 e. The number of nitrogens with zero attached hydrogens (tertiary/aromatic N) is 1. The van der Waals surface area contributed by atoms with E-state index in [0.717, 1.165) is 17.0 Å². The first-order valence-electron chi connectivity index (χ1n) is 6.31. The maximum atomic E-state index is 11.7. The summed E-state index contributed by atoms with van der Waals surface area (Å²) in [6, 6.07) is 12.8. The summed E-state index contributed by atoms with van der Waals surface area (Å²) in [6.07, 6.45) is 0. The average Bonchev–Trinajstić information content (AvgIpc) is 2.77. The van der Waals surface area contributed by atoms with E-state index in [2.05, 4.69) is 10.3 Å². The van der Waals surface area contributed by atoms with Crippen molar-refractivity contribution in [1.82, 2.24) is 4.98 Å². The standard InChI is InChI=1S/C15H14ClN3O/c1-19-13-5-3-2-4-12(13)18-15(19)17-9-10-8-11(16)6-7-14(10)20/h2-8H,9H2,1H3,(H2,17,18,20). The first-order valence-corrected chi connectivity index (χ1v) is 6.69. The van der Waals surface area contributed by atoms with Crippen LogP contribution in [0.2, 0.25) is 5.02 Å². The van der Waals surface area contributed by atoms with Gasteiger partial charge in [0.15, 0.2) is 0 Å². The Labute approximate surface area is 121 Å². The van der Waals surface area contributed by atoms with Crippen LogP contribution in [-0.4, -0.2) is 4.98 Å². The highest BCUT2D eigenvalue weighted by molar-refractivity contribution is 6.30. The quantitative estimate of drug-likeness (QED) is 0.727. The zero-order valence-electron chi connectivity index (χ0n) is 11.0. The molecule has 1 heterocycles. The number of rotatable bonds is 3. The van der Waals surface area contributed by atoms with Crippen molar-refractivity contribution < 1.29 is 9.67 Å². The van der Waals surface area contributed by atoms with Crippen molar-refractivity contribution in [1.29, 1.82) is 0 Å². The van der Waals surface area contributed by atoms with Crippen LogP contribution in [0.4, 0.5) is 5.95 Å². The lowest BCUT2D eigenvalue weighted by Crippen LogP contribution is -2.30. The summed E-state index contributed by atoms with van der Waals surface area (Å²) in [5.74, 6) is 0.839. The number of halogens is 1. The molecule has 3 rings (SSSR count). The van der Waals surface area contributed by atoms with Crippen LogP contribution in [-0.2, 0) is 13.6 Å². The smallest absolute Gasteiger partial charge is 0.356 e. The van der Waals surface area contributed by atoms with Crippen LogP contribution in [0, 0.1) is 0 Å². The summed E-state index contributed by atoms with van der Waals surface area (Å²) >= 11 is 5.91. The van der Waals surface area contributed by atoms with Gasteiger partial charge < -0.3 is 5.11 Å². The normalized spacial score (nSPS) is 10.9. The van der Waals surface area contributed by atoms with E-state index >= 15 is 0 Å². The van der Waals surface area contributed by atoms with Gasteiger partial charge in [-0.3, -0.25) is 5.32 Å². The number of aromatic amines is 1. The van der Waals surface area contributed by atoms with E-state index < -0.39 is 0 Å². The van der Waals surface area contributed by atoms with E-state index in [1.54, 1.807) is 12.1 Å². The minimum absolute atomic E-state index is 0.0133. The Morgan fingerprint density at radius 3 is 2.85 bits per heavy atom. The maximum absolute atomic E-state index is 11.7. The summed E-state index contributed by atoms with van der Waals surface area (Å²) in [5, 5.41) is 15.5. The van der Waals surface area contributed by atoms with Gasteiger partial charge in [-0.05, 0) is 29.8 Å². The van der Waals surface area contributed by atoms with Crippen LogP contribution in [0.15, 0.2) is 42.5 Å². The van der Waals surface area contributed by atoms with Gasteiger partial charge in [0.2, 0.25) is 0 Å². The molecule has 2 N–H and O–H groups in total. The highest BCUT2D eigenvalue weighted by Gasteiger charge is 2.13. The number of H-pyrrole nitrogens is 1. The maximum Gasteiger partial charge on any atom is 0.356 e. The highest BCUT2D eigenvalue weighted by Crippen LogP contribution is 2.20. The predicted octanol–water partition coefficient (Wildman–Crippen LogP) is 2.33. The first kappa shape index (κ1) is 12.8. The number of hydrogen-bond acceptors (Lipinski definition) is 2. The molecule has 4 nitrogen and oxygen atoms in total. The molecule has 0 radical (unpaired) electrons. The van der Waals surface area contributed by atoms with Gasteiger partial charge in [-0.15, -0.1) is 5.75 Å². The topological polar surface area (TPSA) is 54.8 Å². The van der Waals surface area contributed by atoms with Crippen molar-refractivity contribution in [3.05, 3.63) is 53.1 Å². The highest BCUT2D eigenvalue weighted by atomic mass is 35.5. The third kappa shape index (κ3) is 2.30. The molecule has 0 saturated carbocycles. The van der Waals surface area contributed by atoms with E-state index in [1.165, 1.54) is 6.07 Å². The Hall–Kier alpha value is -2.20. The van der Waals surface area contributed by atoms with E-state index in [4.69, 9.17) is 11.6 Å². The molecule has 20 heavy (non-hydrogen) atoms. The van der Waals surface area contributed by atoms with Crippen LogP contribution in [0.1, 0.15) is 5.56 Å². The molecule has 3 aromatic rings. The van der Waals surface area contributed by atoms with Gasteiger partial charge in [0.05, 0.1) is 13.6 Å². The summed E-state index contributed by atoms with van der Waals surface area (Å²) in [5.41, 5.74) is 2.80. The molecular weight excluding hydrogens is 274 g/mol. The lowest BCUT2D eigenvalue weighted by molar-refractivity contribution is -0.630. The van der Waals surface area contributed by atoms with Gasteiger partial charge in [-0.2, -0.15) is 0 Å². The third-order valence-electron chi connectivity index (χ3n) is 3.32. The summed E-state index contributed by atoms with van der Waals surface area (Å²) in [6.45, 7) is 0.431. The Kier molecular flexibility index (Phi) is 3.24. The van der Waals surface area contributed by atoms with Gasteiger partial charge in [0.1, 0.15) is 11.0 Å². The Morgan fingerprint density at radius 2 is 2.05 bits per heavy atom. The van der Waals surface area contributed by atoms with E-state index in [0.29, 0.717) is 17.1 Å². The molecule has 102 valence electrons. The second kappa shape index (κ2) is 5.06. The molecule has 0 aliphatic heterocycles. The number of anilines is 1. The number of hydrogen-bond donors (Lipinski definition) is 2. The van der Waals surface area contributed by atoms with Crippen LogP contribution in [0.3, 0.4) is 0 Å². The van der Waals surface area contributed by atoms with Gasteiger partial charge >= 0.3 is 5.95 Å². The number of imidazole rings is 1. The first-order chi connectivity index (χ1) is 9.65. The SMILES string of the molecule is C[n+]1c(NCc2cc(Cl)ccc2[O-])[nH]c2ccccc21. The molecule has 0 bridgehead atoms. The summed E-state index contributed by atoms with van der Waals surface area (Å²) in [7, 11) is 1.97. The van der Waals surface area contributed by atoms with Crippen molar-refractivity contribution in [2.24, 2.45) is 7.05 Å². The fraction of sp³-hybridized carbons (Fsp3) is 0.133. The third-order valence-corrected chi connectivity index (χ3v) is 3.56. The number of fused-ring (bicyclic) bond motifs is 1. The molecule has 0 saturated heterocycles. The van der Waals surface area contributed by atoms with Crippen LogP contribution in [0.25, 0.3) is 11.0 Å². The monoisotopic (exact) mass is 287 g/mol. The Morgan fingerprint density at radius 1 is 1.25 bits per heavy atom. The van der Waals surface area contributed by atoms with Crippen molar-refractivity contribution in [3.63, 3.8) is 0 Å². The molecule has 0 fully saturated rings. The van der Waals surface area contributed by atoms with Crippen molar-refractivity contribution in [2.75, 3.05) is 5.32 Å². The second-order valence-electron chi connectivity index (χ2n) is 4.66. The van der Waals surface area contributed by atoms with Gasteiger partial charge in [-0.25, -0.2) is 9.55 Å². The number of aryl methyl sites for hydroxylation is 1. The summed E-state index contributed by atoms with van der Waals surface area (Å²) < 4.78 is 2.02. The zero-order valence-corrected chi connectivity index (χ0v) is 11.7.